The Morgan fingerprint density at radius 3 is 2.83 bits per heavy atom. The molecule has 0 bridgehead atoms. The van der Waals surface area contributed by atoms with Crippen LogP contribution in [0.1, 0.15) is 44.6 Å². The second-order valence-corrected chi connectivity index (χ2v) is 5.34. The van der Waals surface area contributed by atoms with Crippen molar-refractivity contribution in [3.63, 3.8) is 0 Å². The maximum atomic E-state index is 8.94. The maximum Gasteiger partial charge on any atom is 0.146 e. The Kier molecular flexibility index (Phi) is 4.43. The molecule has 0 aromatic carbocycles. The first-order chi connectivity index (χ1) is 8.72. The van der Waals surface area contributed by atoms with E-state index in [1.807, 2.05) is 0 Å². The summed E-state index contributed by atoms with van der Waals surface area (Å²) in [5.74, 6) is 1.32. The lowest BCUT2D eigenvalue weighted by Crippen LogP contribution is -2.28. The van der Waals surface area contributed by atoms with Gasteiger partial charge in [-0.25, -0.2) is 4.98 Å². The lowest BCUT2D eigenvalue weighted by Gasteiger charge is -2.28. The molecule has 1 unspecified atom stereocenters. The van der Waals surface area contributed by atoms with Crippen molar-refractivity contribution in [1.29, 1.82) is 5.26 Å². The third kappa shape index (κ3) is 2.94. The van der Waals surface area contributed by atoms with Gasteiger partial charge < -0.3 is 5.32 Å². The van der Waals surface area contributed by atoms with Crippen LogP contribution < -0.4 is 5.32 Å². The maximum absolute atomic E-state index is 8.94. The first-order valence-electron chi connectivity index (χ1n) is 6.53. The Morgan fingerprint density at radius 2 is 2.17 bits per heavy atom. The summed E-state index contributed by atoms with van der Waals surface area (Å²) in [4.78, 5) is 4.23. The van der Waals surface area contributed by atoms with Crippen LogP contribution in [0.25, 0.3) is 0 Å². The lowest BCUT2D eigenvalue weighted by atomic mass is 9.84. The summed E-state index contributed by atoms with van der Waals surface area (Å²) >= 11 is 6.14. The van der Waals surface area contributed by atoms with Crippen LogP contribution in [-0.4, -0.2) is 11.0 Å². The number of rotatable bonds is 3. The number of nitrogens with one attached hydrogen (secondary N) is 1. The highest BCUT2D eigenvalue weighted by Gasteiger charge is 2.21. The zero-order valence-electron chi connectivity index (χ0n) is 10.6. The van der Waals surface area contributed by atoms with Gasteiger partial charge in [-0.1, -0.05) is 30.9 Å². The van der Waals surface area contributed by atoms with Gasteiger partial charge in [0.2, 0.25) is 0 Å². The van der Waals surface area contributed by atoms with Crippen molar-refractivity contribution in [1.82, 2.24) is 4.98 Å². The van der Waals surface area contributed by atoms with E-state index >= 15 is 0 Å². The van der Waals surface area contributed by atoms with Crippen LogP contribution in [-0.2, 0) is 0 Å². The molecule has 1 N–H and O–H groups in total. The fraction of sp³-hybridized carbons (Fsp3) is 0.571. The monoisotopic (exact) mass is 263 g/mol. The summed E-state index contributed by atoms with van der Waals surface area (Å²) < 4.78 is 0. The van der Waals surface area contributed by atoms with E-state index < -0.39 is 0 Å². The zero-order chi connectivity index (χ0) is 13.0. The van der Waals surface area contributed by atoms with Crippen molar-refractivity contribution in [2.45, 2.75) is 45.1 Å². The van der Waals surface area contributed by atoms with Gasteiger partial charge in [-0.15, -0.1) is 0 Å². The van der Waals surface area contributed by atoms with Gasteiger partial charge in [0.15, 0.2) is 0 Å². The lowest BCUT2D eigenvalue weighted by molar-refractivity contribution is 0.328. The fourth-order valence-electron chi connectivity index (χ4n) is 2.60. The number of pyridine rings is 1. The van der Waals surface area contributed by atoms with E-state index in [4.69, 9.17) is 16.9 Å². The molecule has 1 atom stereocenters. The minimum atomic E-state index is 0.351. The smallest absolute Gasteiger partial charge is 0.146 e. The number of nitriles is 1. The Balaban J connectivity index is 2.07. The summed E-state index contributed by atoms with van der Waals surface area (Å²) in [5.41, 5.74) is 0.477. The average molecular weight is 264 g/mol. The van der Waals surface area contributed by atoms with Crippen LogP contribution in [0, 0.1) is 17.2 Å². The Labute approximate surface area is 113 Å². The van der Waals surface area contributed by atoms with Gasteiger partial charge in [0.05, 0.1) is 5.56 Å². The van der Waals surface area contributed by atoms with Gasteiger partial charge in [-0.3, -0.25) is 0 Å². The summed E-state index contributed by atoms with van der Waals surface area (Å²) in [7, 11) is 0. The highest BCUT2D eigenvalue weighted by Crippen LogP contribution is 2.30. The third-order valence-corrected chi connectivity index (χ3v) is 4.11. The van der Waals surface area contributed by atoms with E-state index in [1.165, 1.54) is 32.1 Å². The molecule has 1 fully saturated rings. The summed E-state index contributed by atoms with van der Waals surface area (Å²) in [6.45, 7) is 2.17. The van der Waals surface area contributed by atoms with E-state index in [9.17, 15) is 0 Å². The number of hydrogen-bond acceptors (Lipinski definition) is 3. The molecule has 3 nitrogen and oxygen atoms in total. The van der Waals surface area contributed by atoms with Crippen molar-refractivity contribution in [2.75, 3.05) is 5.32 Å². The number of hydrogen-bond donors (Lipinski definition) is 1. The van der Waals surface area contributed by atoms with Crippen LogP contribution in [0.2, 0.25) is 5.02 Å². The van der Waals surface area contributed by atoms with Gasteiger partial charge in [0, 0.05) is 12.2 Å². The highest BCUT2D eigenvalue weighted by atomic mass is 35.5. The van der Waals surface area contributed by atoms with Crippen LogP contribution in [0.3, 0.4) is 0 Å². The molecule has 18 heavy (non-hydrogen) atoms. The van der Waals surface area contributed by atoms with Gasteiger partial charge >= 0.3 is 0 Å². The molecule has 0 aliphatic heterocycles. The fourth-order valence-corrected chi connectivity index (χ4v) is 2.81. The quantitative estimate of drug-likeness (QED) is 0.897. The number of halogens is 1. The van der Waals surface area contributed by atoms with Crippen molar-refractivity contribution >= 4 is 17.4 Å². The molecule has 1 heterocycles. The normalized spacial score (nSPS) is 18.1. The Bertz CT molecular complexity index is 447. The average Bonchev–Trinajstić information content (AvgIpc) is 2.42. The van der Waals surface area contributed by atoms with E-state index in [1.54, 1.807) is 12.3 Å². The molecule has 0 amide bonds. The first-order valence-corrected chi connectivity index (χ1v) is 6.91. The Morgan fingerprint density at radius 1 is 1.44 bits per heavy atom. The molecule has 0 spiro atoms. The van der Waals surface area contributed by atoms with Crippen molar-refractivity contribution in [3.8, 4) is 6.07 Å². The molecule has 1 aliphatic rings. The van der Waals surface area contributed by atoms with Gasteiger partial charge in [-0.05, 0) is 31.7 Å². The number of aromatic nitrogens is 1. The van der Waals surface area contributed by atoms with Crippen LogP contribution in [0.5, 0.6) is 0 Å². The van der Waals surface area contributed by atoms with E-state index in [-0.39, 0.29) is 0 Å². The van der Waals surface area contributed by atoms with Gasteiger partial charge in [-0.2, -0.15) is 5.26 Å². The molecule has 2 rings (SSSR count). The van der Waals surface area contributed by atoms with E-state index in [0.717, 1.165) is 0 Å². The number of anilines is 1. The molecule has 1 saturated carbocycles. The molecular formula is C14H18ClN3. The molecule has 4 heteroatoms. The second-order valence-electron chi connectivity index (χ2n) is 4.96. The number of nitrogens with zero attached hydrogens (tertiary/aromatic N) is 2. The van der Waals surface area contributed by atoms with E-state index in [2.05, 4.69) is 23.3 Å². The molecule has 96 valence electrons. The molecule has 1 aromatic rings. The minimum Gasteiger partial charge on any atom is -0.366 e. The van der Waals surface area contributed by atoms with Crippen LogP contribution >= 0.6 is 11.6 Å². The largest absolute Gasteiger partial charge is 0.366 e. The third-order valence-electron chi connectivity index (χ3n) is 3.73. The van der Waals surface area contributed by atoms with E-state index in [0.29, 0.717) is 28.4 Å². The van der Waals surface area contributed by atoms with Gasteiger partial charge in [0.25, 0.3) is 0 Å². The predicted octanol–water partition coefficient (Wildman–Crippen LogP) is 3.99. The van der Waals surface area contributed by atoms with Crippen molar-refractivity contribution in [3.05, 3.63) is 22.8 Å². The minimum absolute atomic E-state index is 0.351. The summed E-state index contributed by atoms with van der Waals surface area (Å²) in [5, 5.41) is 12.7. The topological polar surface area (TPSA) is 48.7 Å². The molecular weight excluding hydrogens is 246 g/mol. The SMILES string of the molecule is CC(Nc1nccc(C#N)c1Cl)C1CCCCC1. The molecule has 1 aliphatic carbocycles. The standard InChI is InChI=1S/C14H18ClN3/c1-10(11-5-3-2-4-6-11)18-14-13(15)12(9-16)7-8-17-14/h7-8,10-11H,2-6H2,1H3,(H,17,18). The van der Waals surface area contributed by atoms with Gasteiger partial charge in [0.1, 0.15) is 16.9 Å². The zero-order valence-corrected chi connectivity index (χ0v) is 11.4. The van der Waals surface area contributed by atoms with Crippen molar-refractivity contribution in [2.24, 2.45) is 5.92 Å². The highest BCUT2D eigenvalue weighted by molar-refractivity contribution is 6.34. The molecule has 0 saturated heterocycles. The predicted molar refractivity (Wildman–Crippen MR) is 73.6 cm³/mol. The summed E-state index contributed by atoms with van der Waals surface area (Å²) in [6.07, 6.45) is 8.14. The summed E-state index contributed by atoms with van der Waals surface area (Å²) in [6, 6.07) is 4.07. The molecule has 1 aromatic heterocycles. The van der Waals surface area contributed by atoms with Crippen LogP contribution in [0.4, 0.5) is 5.82 Å². The molecule has 0 radical (unpaired) electrons. The van der Waals surface area contributed by atoms with Crippen molar-refractivity contribution < 1.29 is 0 Å². The van der Waals surface area contributed by atoms with Crippen LogP contribution in [0.15, 0.2) is 12.3 Å². The first kappa shape index (κ1) is 13.2. The second kappa shape index (κ2) is 6.06. The Hall–Kier alpha value is -1.27.